The standard InChI is InChI=1S/C25H50N4O9P2/c1-35-39(31,32)37-21-14-10-7-5-3-4-6-8-12-19-26-25(30)18-16-17-24-23-29(28-27-24)20-13-9-11-15-22-38-40(33,34)36-2/h23H,3-22H2,1-2H3,(H,26,30)(H,31,32)(H,33,34). The molecular weight excluding hydrogens is 562 g/mol. The van der Waals surface area contributed by atoms with Crippen LogP contribution in [0.4, 0.5) is 0 Å². The van der Waals surface area contributed by atoms with Crippen molar-refractivity contribution >= 4 is 21.6 Å². The molecular formula is C25H50N4O9P2. The first-order valence-corrected chi connectivity index (χ1v) is 17.4. The topological polar surface area (TPSA) is 171 Å². The van der Waals surface area contributed by atoms with Gasteiger partial charge in [0.15, 0.2) is 0 Å². The molecule has 0 aliphatic heterocycles. The molecule has 3 N–H and O–H groups in total. The van der Waals surface area contributed by atoms with E-state index in [1.807, 2.05) is 10.9 Å². The van der Waals surface area contributed by atoms with Gasteiger partial charge in [0.1, 0.15) is 0 Å². The number of nitrogens with zero attached hydrogens (tertiary/aromatic N) is 3. The Bertz CT molecular complexity index is 888. The van der Waals surface area contributed by atoms with Crippen LogP contribution in [0, 0.1) is 0 Å². The predicted octanol–water partition coefficient (Wildman–Crippen LogP) is 5.32. The Hall–Kier alpha value is -1.17. The maximum absolute atomic E-state index is 12.1. The molecule has 1 heterocycles. The summed E-state index contributed by atoms with van der Waals surface area (Å²) in [7, 11) is -5.40. The van der Waals surface area contributed by atoms with Crippen molar-refractivity contribution in [3.63, 3.8) is 0 Å². The molecule has 40 heavy (non-hydrogen) atoms. The summed E-state index contributed by atoms with van der Waals surface area (Å²) in [6.07, 6.45) is 16.9. The van der Waals surface area contributed by atoms with E-state index in [-0.39, 0.29) is 19.1 Å². The molecule has 234 valence electrons. The Labute approximate surface area is 238 Å². The van der Waals surface area contributed by atoms with E-state index in [9.17, 15) is 13.9 Å². The van der Waals surface area contributed by atoms with Gasteiger partial charge in [0.2, 0.25) is 5.91 Å². The molecule has 0 aliphatic carbocycles. The van der Waals surface area contributed by atoms with Crippen LogP contribution in [0.15, 0.2) is 6.20 Å². The summed E-state index contributed by atoms with van der Waals surface area (Å²) in [6, 6.07) is 0. The van der Waals surface area contributed by atoms with E-state index < -0.39 is 15.6 Å². The molecule has 13 nitrogen and oxygen atoms in total. The SMILES string of the molecule is COP(=O)(O)OCCCCCCCCCCCNC(=O)CCCc1cn(CCCCCCOP(=O)(O)OC)nn1. The Balaban J connectivity index is 1.91. The van der Waals surface area contributed by atoms with Crippen molar-refractivity contribution in [2.24, 2.45) is 0 Å². The number of carbonyl (C=O) groups is 1. The average molecular weight is 613 g/mol. The fourth-order valence-corrected chi connectivity index (χ4v) is 4.90. The van der Waals surface area contributed by atoms with Crippen molar-refractivity contribution < 1.29 is 41.8 Å². The van der Waals surface area contributed by atoms with Crippen LogP contribution < -0.4 is 5.32 Å². The summed E-state index contributed by atoms with van der Waals surface area (Å²) < 4.78 is 42.4. The lowest BCUT2D eigenvalue weighted by Crippen LogP contribution is -2.24. The largest absolute Gasteiger partial charge is 0.471 e. The molecule has 2 atom stereocenters. The van der Waals surface area contributed by atoms with Crippen molar-refractivity contribution in [3.8, 4) is 0 Å². The maximum atomic E-state index is 12.1. The summed E-state index contributed by atoms with van der Waals surface area (Å²) in [5, 5.41) is 11.3. The molecule has 1 aromatic rings. The van der Waals surface area contributed by atoms with Crippen molar-refractivity contribution in [1.82, 2.24) is 20.3 Å². The number of phosphoric acid groups is 2. The van der Waals surface area contributed by atoms with E-state index in [1.54, 1.807) is 0 Å². The average Bonchev–Trinajstić information content (AvgIpc) is 3.38. The highest BCUT2D eigenvalue weighted by molar-refractivity contribution is 7.47. The van der Waals surface area contributed by atoms with E-state index in [1.165, 1.54) is 12.8 Å². The lowest BCUT2D eigenvalue weighted by atomic mass is 10.1. The fraction of sp³-hybridized carbons (Fsp3) is 0.880. The number of aryl methyl sites for hydroxylation is 2. The molecule has 1 aromatic heterocycles. The lowest BCUT2D eigenvalue weighted by Gasteiger charge is -2.08. The molecule has 0 radical (unpaired) electrons. The van der Waals surface area contributed by atoms with Crippen LogP contribution in [0.2, 0.25) is 0 Å². The minimum Gasteiger partial charge on any atom is -0.356 e. The van der Waals surface area contributed by atoms with E-state index in [4.69, 9.17) is 18.8 Å². The first-order chi connectivity index (χ1) is 19.2. The monoisotopic (exact) mass is 612 g/mol. The molecule has 0 spiro atoms. The number of nitrogens with one attached hydrogen (secondary N) is 1. The quantitative estimate of drug-likeness (QED) is 0.0868. The highest BCUT2D eigenvalue weighted by Crippen LogP contribution is 2.42. The zero-order valence-electron chi connectivity index (χ0n) is 24.2. The Kier molecular flexibility index (Phi) is 20.7. The first kappa shape index (κ1) is 36.9. The molecule has 15 heteroatoms. The third-order valence-corrected chi connectivity index (χ3v) is 8.26. The fourth-order valence-electron chi connectivity index (χ4n) is 3.97. The van der Waals surface area contributed by atoms with Gasteiger partial charge >= 0.3 is 15.6 Å². The maximum Gasteiger partial charge on any atom is 0.471 e. The van der Waals surface area contributed by atoms with Crippen LogP contribution in [0.1, 0.15) is 102 Å². The third kappa shape index (κ3) is 20.7. The number of hydrogen-bond donors (Lipinski definition) is 3. The van der Waals surface area contributed by atoms with Crippen molar-refractivity contribution in [2.75, 3.05) is 34.0 Å². The van der Waals surface area contributed by atoms with E-state index >= 15 is 0 Å². The zero-order chi connectivity index (χ0) is 29.5. The summed E-state index contributed by atoms with van der Waals surface area (Å²) in [5.74, 6) is 0.0754. The van der Waals surface area contributed by atoms with Gasteiger partial charge in [0, 0.05) is 39.9 Å². The summed E-state index contributed by atoms with van der Waals surface area (Å²) in [5.41, 5.74) is 0.884. The van der Waals surface area contributed by atoms with E-state index in [0.717, 1.165) is 97.1 Å². The Morgan fingerprint density at radius 3 is 1.85 bits per heavy atom. The first-order valence-electron chi connectivity index (χ1n) is 14.4. The molecule has 2 unspecified atom stereocenters. The van der Waals surface area contributed by atoms with Gasteiger partial charge in [-0.05, 0) is 38.5 Å². The van der Waals surface area contributed by atoms with E-state index in [2.05, 4.69) is 24.7 Å². The van der Waals surface area contributed by atoms with Crippen LogP contribution >= 0.6 is 15.6 Å². The molecule has 0 aliphatic rings. The number of carbonyl (C=O) groups excluding carboxylic acids is 1. The zero-order valence-corrected chi connectivity index (χ0v) is 26.0. The van der Waals surface area contributed by atoms with Crippen LogP contribution in [-0.2, 0) is 45.0 Å². The number of amides is 1. The van der Waals surface area contributed by atoms with Crippen LogP contribution in [0.3, 0.4) is 0 Å². The molecule has 0 saturated carbocycles. The predicted molar refractivity (Wildman–Crippen MR) is 152 cm³/mol. The normalized spacial score (nSPS) is 14.6. The molecule has 1 amide bonds. The van der Waals surface area contributed by atoms with Gasteiger partial charge in [0.05, 0.1) is 18.9 Å². The number of phosphoric ester groups is 2. The van der Waals surface area contributed by atoms with Crippen LogP contribution in [0.25, 0.3) is 0 Å². The Morgan fingerprint density at radius 1 is 0.800 bits per heavy atom. The highest BCUT2D eigenvalue weighted by Gasteiger charge is 2.18. The smallest absolute Gasteiger partial charge is 0.356 e. The van der Waals surface area contributed by atoms with Crippen molar-refractivity contribution in [2.45, 2.75) is 109 Å². The van der Waals surface area contributed by atoms with Gasteiger partial charge in [-0.15, -0.1) is 5.10 Å². The van der Waals surface area contributed by atoms with Crippen LogP contribution in [0.5, 0.6) is 0 Å². The van der Waals surface area contributed by atoms with Gasteiger partial charge in [-0.25, -0.2) is 9.13 Å². The molecule has 1 rings (SSSR count). The second-order valence-corrected chi connectivity index (χ2v) is 12.9. The van der Waals surface area contributed by atoms with Gasteiger partial charge in [0.25, 0.3) is 0 Å². The van der Waals surface area contributed by atoms with Gasteiger partial charge < -0.3 is 15.1 Å². The Morgan fingerprint density at radius 2 is 1.30 bits per heavy atom. The minimum atomic E-state index is -3.87. The van der Waals surface area contributed by atoms with Gasteiger partial charge in [-0.3, -0.25) is 27.6 Å². The van der Waals surface area contributed by atoms with E-state index in [0.29, 0.717) is 25.8 Å². The summed E-state index contributed by atoms with van der Waals surface area (Å²) in [4.78, 5) is 30.4. The molecule has 0 fully saturated rings. The molecule has 0 saturated heterocycles. The number of unbranched alkanes of at least 4 members (excludes halogenated alkanes) is 11. The second kappa shape index (κ2) is 22.4. The summed E-state index contributed by atoms with van der Waals surface area (Å²) >= 11 is 0. The lowest BCUT2D eigenvalue weighted by molar-refractivity contribution is -0.121. The van der Waals surface area contributed by atoms with Gasteiger partial charge in [-0.2, -0.15) is 0 Å². The molecule has 0 aromatic carbocycles. The van der Waals surface area contributed by atoms with Crippen molar-refractivity contribution in [3.05, 3.63) is 11.9 Å². The van der Waals surface area contributed by atoms with Crippen LogP contribution in [-0.4, -0.2) is 64.7 Å². The number of hydrogen-bond acceptors (Lipinski definition) is 9. The van der Waals surface area contributed by atoms with Gasteiger partial charge in [-0.1, -0.05) is 63.0 Å². The number of rotatable bonds is 27. The highest BCUT2D eigenvalue weighted by atomic mass is 31.2. The number of aromatic nitrogens is 3. The van der Waals surface area contributed by atoms with Crippen molar-refractivity contribution in [1.29, 1.82) is 0 Å². The summed E-state index contributed by atoms with van der Waals surface area (Å²) in [6.45, 7) is 1.90. The minimum absolute atomic E-state index is 0.0754. The second-order valence-electron chi connectivity index (χ2n) is 9.74. The third-order valence-electron chi connectivity index (χ3n) is 6.32. The molecule has 0 bridgehead atoms.